The number of carbonyl (C=O) groups is 1. The molecular formula is C14H10Cl2O2. The number of carboxylic acids is 1. The van der Waals surface area contributed by atoms with Gasteiger partial charge in [0.05, 0.1) is 0 Å². The van der Waals surface area contributed by atoms with Gasteiger partial charge in [0, 0.05) is 6.42 Å². The first-order valence-electron chi connectivity index (χ1n) is 5.58. The molecule has 0 aliphatic heterocycles. The number of fused-ring (bicyclic) bond motifs is 1. The van der Waals surface area contributed by atoms with Gasteiger partial charge in [-0.05, 0) is 22.4 Å². The van der Waals surface area contributed by atoms with Crippen LogP contribution in [0.25, 0.3) is 10.8 Å². The largest absolute Gasteiger partial charge is 0.480 e. The fourth-order valence-corrected chi connectivity index (χ4v) is 3.19. The summed E-state index contributed by atoms with van der Waals surface area (Å²) in [6.45, 7) is 0. The smallest absolute Gasteiger partial charge is 0.317 e. The SMILES string of the molecule is O=C(O)C1(c2ccc3ccccc3c2)CC1(Cl)Cl. The summed E-state index contributed by atoms with van der Waals surface area (Å²) < 4.78 is -1.21. The van der Waals surface area contributed by atoms with Gasteiger partial charge in [-0.3, -0.25) is 4.79 Å². The molecule has 0 radical (unpaired) electrons. The van der Waals surface area contributed by atoms with E-state index in [2.05, 4.69) is 0 Å². The average Bonchev–Trinajstić information content (AvgIpc) is 2.93. The third-order valence-corrected chi connectivity index (χ3v) is 4.51. The van der Waals surface area contributed by atoms with Crippen molar-refractivity contribution < 1.29 is 9.90 Å². The molecule has 1 atom stereocenters. The Morgan fingerprint density at radius 1 is 1.11 bits per heavy atom. The third kappa shape index (κ3) is 1.46. The number of hydrogen-bond donors (Lipinski definition) is 1. The molecule has 18 heavy (non-hydrogen) atoms. The molecule has 2 aromatic rings. The average molecular weight is 281 g/mol. The Hall–Kier alpha value is -1.25. The molecule has 0 spiro atoms. The molecule has 2 nitrogen and oxygen atoms in total. The van der Waals surface area contributed by atoms with Gasteiger partial charge in [-0.1, -0.05) is 59.6 Å². The molecule has 0 bridgehead atoms. The fraction of sp³-hybridized carbons (Fsp3) is 0.214. The number of alkyl halides is 2. The van der Waals surface area contributed by atoms with Gasteiger partial charge < -0.3 is 5.11 Å². The van der Waals surface area contributed by atoms with Crippen LogP contribution in [0, 0.1) is 0 Å². The highest BCUT2D eigenvalue weighted by atomic mass is 35.5. The van der Waals surface area contributed by atoms with Crippen molar-refractivity contribution >= 4 is 39.9 Å². The number of benzene rings is 2. The van der Waals surface area contributed by atoms with Crippen molar-refractivity contribution in [2.45, 2.75) is 16.2 Å². The molecule has 1 aliphatic carbocycles. The summed E-state index contributed by atoms with van der Waals surface area (Å²) in [6, 6.07) is 13.3. The molecule has 92 valence electrons. The number of aliphatic carboxylic acids is 1. The zero-order valence-corrected chi connectivity index (χ0v) is 10.9. The van der Waals surface area contributed by atoms with Crippen LogP contribution in [0.2, 0.25) is 0 Å². The molecular weight excluding hydrogens is 271 g/mol. The van der Waals surface area contributed by atoms with Crippen LogP contribution in [-0.2, 0) is 10.2 Å². The molecule has 3 rings (SSSR count). The van der Waals surface area contributed by atoms with Gasteiger partial charge in [0.1, 0.15) is 9.75 Å². The maximum Gasteiger partial charge on any atom is 0.317 e. The Kier molecular flexibility index (Phi) is 2.38. The van der Waals surface area contributed by atoms with E-state index < -0.39 is 15.7 Å². The van der Waals surface area contributed by atoms with Crippen LogP contribution in [-0.4, -0.2) is 15.4 Å². The molecule has 1 aliphatic rings. The van der Waals surface area contributed by atoms with Crippen molar-refractivity contribution in [3.05, 3.63) is 48.0 Å². The summed E-state index contributed by atoms with van der Waals surface area (Å²) in [5.41, 5.74) is -0.501. The molecule has 0 amide bonds. The van der Waals surface area contributed by atoms with Gasteiger partial charge in [-0.25, -0.2) is 0 Å². The van der Waals surface area contributed by atoms with E-state index in [1.54, 1.807) is 6.07 Å². The van der Waals surface area contributed by atoms with Crippen molar-refractivity contribution in [2.75, 3.05) is 0 Å². The maximum absolute atomic E-state index is 11.5. The van der Waals surface area contributed by atoms with Crippen molar-refractivity contribution in [2.24, 2.45) is 0 Å². The van der Waals surface area contributed by atoms with Gasteiger partial charge in [-0.15, -0.1) is 0 Å². The molecule has 0 saturated heterocycles. The van der Waals surface area contributed by atoms with Crippen LogP contribution >= 0.6 is 23.2 Å². The minimum absolute atomic E-state index is 0.247. The van der Waals surface area contributed by atoms with Crippen LogP contribution in [0.15, 0.2) is 42.5 Å². The summed E-state index contributed by atoms with van der Waals surface area (Å²) in [7, 11) is 0. The van der Waals surface area contributed by atoms with E-state index in [0.717, 1.165) is 10.8 Å². The van der Waals surface area contributed by atoms with Crippen LogP contribution in [0.1, 0.15) is 12.0 Å². The van der Waals surface area contributed by atoms with E-state index in [9.17, 15) is 9.90 Å². The first-order chi connectivity index (χ1) is 8.47. The number of hydrogen-bond acceptors (Lipinski definition) is 1. The van der Waals surface area contributed by atoms with Crippen molar-refractivity contribution in [1.82, 2.24) is 0 Å². The van der Waals surface area contributed by atoms with E-state index in [4.69, 9.17) is 23.2 Å². The molecule has 0 aromatic heterocycles. The summed E-state index contributed by atoms with van der Waals surface area (Å²) >= 11 is 12.1. The molecule has 1 N–H and O–H groups in total. The lowest BCUT2D eigenvalue weighted by molar-refractivity contribution is -0.140. The van der Waals surface area contributed by atoms with Gasteiger partial charge in [0.2, 0.25) is 0 Å². The summed E-state index contributed by atoms with van der Waals surface area (Å²) in [5.74, 6) is -0.970. The van der Waals surface area contributed by atoms with Crippen LogP contribution in [0.5, 0.6) is 0 Å². The standard InChI is InChI=1S/C14H10Cl2O2/c15-14(16)8-13(14,12(17)18)11-6-5-9-3-1-2-4-10(9)7-11/h1-7H,8H2,(H,17,18). The zero-order chi connectivity index (χ0) is 13.0. The quantitative estimate of drug-likeness (QED) is 0.851. The second-order valence-electron chi connectivity index (χ2n) is 4.65. The highest BCUT2D eigenvalue weighted by molar-refractivity contribution is 6.54. The van der Waals surface area contributed by atoms with Crippen LogP contribution in [0.3, 0.4) is 0 Å². The number of halogens is 2. The van der Waals surface area contributed by atoms with E-state index in [-0.39, 0.29) is 6.42 Å². The minimum Gasteiger partial charge on any atom is -0.480 e. The van der Waals surface area contributed by atoms with E-state index >= 15 is 0 Å². The van der Waals surface area contributed by atoms with Crippen molar-refractivity contribution in [1.29, 1.82) is 0 Å². The van der Waals surface area contributed by atoms with E-state index in [1.807, 2.05) is 36.4 Å². The Bertz CT molecular complexity index is 651. The topological polar surface area (TPSA) is 37.3 Å². The molecule has 4 heteroatoms. The van der Waals surface area contributed by atoms with Gasteiger partial charge in [-0.2, -0.15) is 0 Å². The molecule has 2 aromatic carbocycles. The Morgan fingerprint density at radius 2 is 1.72 bits per heavy atom. The van der Waals surface area contributed by atoms with E-state index in [1.165, 1.54) is 0 Å². The van der Waals surface area contributed by atoms with Gasteiger partial charge >= 0.3 is 5.97 Å². The van der Waals surface area contributed by atoms with Gasteiger partial charge in [0.15, 0.2) is 0 Å². The lowest BCUT2D eigenvalue weighted by Crippen LogP contribution is -2.26. The lowest BCUT2D eigenvalue weighted by Gasteiger charge is -2.14. The second kappa shape index (κ2) is 3.62. The van der Waals surface area contributed by atoms with E-state index in [0.29, 0.717) is 5.56 Å². The van der Waals surface area contributed by atoms with Crippen LogP contribution < -0.4 is 0 Å². The second-order valence-corrected chi connectivity index (χ2v) is 6.14. The van der Waals surface area contributed by atoms with Crippen molar-refractivity contribution in [3.8, 4) is 0 Å². The highest BCUT2D eigenvalue weighted by Gasteiger charge is 2.72. The first kappa shape index (κ1) is 11.8. The Balaban J connectivity index is 2.18. The summed E-state index contributed by atoms with van der Waals surface area (Å²) in [5, 5.41) is 11.5. The molecule has 0 heterocycles. The van der Waals surface area contributed by atoms with Crippen molar-refractivity contribution in [3.63, 3.8) is 0 Å². The summed E-state index contributed by atoms with van der Waals surface area (Å²) in [6.07, 6.45) is 0.247. The first-order valence-corrected chi connectivity index (χ1v) is 6.33. The maximum atomic E-state index is 11.5. The lowest BCUT2D eigenvalue weighted by atomic mass is 9.93. The third-order valence-electron chi connectivity index (χ3n) is 3.59. The van der Waals surface area contributed by atoms with Crippen LogP contribution in [0.4, 0.5) is 0 Å². The fourth-order valence-electron chi connectivity index (χ4n) is 2.41. The monoisotopic (exact) mass is 280 g/mol. The molecule has 1 unspecified atom stereocenters. The zero-order valence-electron chi connectivity index (χ0n) is 9.36. The minimum atomic E-state index is -1.21. The summed E-state index contributed by atoms with van der Waals surface area (Å²) in [4.78, 5) is 11.5. The highest BCUT2D eigenvalue weighted by Crippen LogP contribution is 2.65. The normalized spacial score (nSPS) is 25.0. The molecule has 1 saturated carbocycles. The Labute approximate surface area is 114 Å². The Morgan fingerprint density at radius 3 is 2.28 bits per heavy atom. The number of rotatable bonds is 2. The molecule has 1 fully saturated rings. The van der Waals surface area contributed by atoms with Gasteiger partial charge in [0.25, 0.3) is 0 Å². The number of carboxylic acid groups (broad SMARTS) is 1. The predicted octanol–water partition coefficient (Wildman–Crippen LogP) is 3.74. The predicted molar refractivity (Wildman–Crippen MR) is 72.3 cm³/mol.